The zero-order valence-corrected chi connectivity index (χ0v) is 15.9. The van der Waals surface area contributed by atoms with E-state index < -0.39 is 0 Å². The lowest BCUT2D eigenvalue weighted by atomic mass is 10.1. The van der Waals surface area contributed by atoms with Crippen LogP contribution in [0.3, 0.4) is 0 Å². The lowest BCUT2D eigenvalue weighted by Crippen LogP contribution is -2.14. The molecule has 0 aliphatic heterocycles. The quantitative estimate of drug-likeness (QED) is 0.657. The highest BCUT2D eigenvalue weighted by molar-refractivity contribution is 5.50. The van der Waals surface area contributed by atoms with Crippen LogP contribution in [0.25, 0.3) is 0 Å². The van der Waals surface area contributed by atoms with E-state index in [9.17, 15) is 0 Å². The molecule has 0 amide bonds. The summed E-state index contributed by atoms with van der Waals surface area (Å²) in [6.07, 6.45) is 2.58. The molecule has 2 aromatic carbocycles. The van der Waals surface area contributed by atoms with Gasteiger partial charge in [0.05, 0.1) is 28.4 Å². The Morgan fingerprint density at radius 1 is 0.846 bits per heavy atom. The molecule has 0 saturated carbocycles. The van der Waals surface area contributed by atoms with E-state index in [4.69, 9.17) is 18.9 Å². The highest BCUT2D eigenvalue weighted by atomic mass is 16.5. The van der Waals surface area contributed by atoms with Crippen LogP contribution in [0.1, 0.15) is 16.7 Å². The molecule has 5 heteroatoms. The predicted octanol–water partition coefficient (Wildman–Crippen LogP) is 3.74. The molecule has 0 spiro atoms. The Morgan fingerprint density at radius 2 is 1.62 bits per heavy atom. The maximum atomic E-state index is 5.48. The summed E-state index contributed by atoms with van der Waals surface area (Å²) in [4.78, 5) is 0. The van der Waals surface area contributed by atoms with Gasteiger partial charge in [-0.15, -0.1) is 6.58 Å². The highest BCUT2D eigenvalue weighted by Crippen LogP contribution is 2.33. The zero-order valence-electron chi connectivity index (χ0n) is 15.9. The molecule has 0 unspecified atom stereocenters. The van der Waals surface area contributed by atoms with Gasteiger partial charge in [0.2, 0.25) is 0 Å². The fraction of sp³-hybridized carbons (Fsp3) is 0.333. The summed E-state index contributed by atoms with van der Waals surface area (Å²) in [7, 11) is 6.62. The molecule has 1 N–H and O–H groups in total. The molecule has 0 saturated heterocycles. The van der Waals surface area contributed by atoms with Crippen molar-refractivity contribution >= 4 is 0 Å². The molecule has 0 aliphatic rings. The first kappa shape index (κ1) is 19.7. The third-order valence-corrected chi connectivity index (χ3v) is 4.11. The zero-order chi connectivity index (χ0) is 18.9. The van der Waals surface area contributed by atoms with Crippen LogP contribution < -0.4 is 24.3 Å². The Labute approximate surface area is 155 Å². The summed E-state index contributed by atoms with van der Waals surface area (Å²) in [5, 5.41) is 3.44. The molecule has 0 heterocycles. The highest BCUT2D eigenvalue weighted by Gasteiger charge is 2.12. The molecule has 26 heavy (non-hydrogen) atoms. The number of methoxy groups -OCH3 is 4. The van der Waals surface area contributed by atoms with Crippen molar-refractivity contribution in [3.63, 3.8) is 0 Å². The average molecular weight is 357 g/mol. The van der Waals surface area contributed by atoms with Gasteiger partial charge in [-0.3, -0.25) is 0 Å². The normalized spacial score (nSPS) is 10.3. The topological polar surface area (TPSA) is 49.0 Å². The van der Waals surface area contributed by atoms with Crippen LogP contribution in [0.4, 0.5) is 0 Å². The average Bonchev–Trinajstić information content (AvgIpc) is 2.67. The summed E-state index contributed by atoms with van der Waals surface area (Å²) in [6.45, 7) is 5.16. The summed E-state index contributed by atoms with van der Waals surface area (Å²) in [5.41, 5.74) is 3.21. The van der Waals surface area contributed by atoms with Gasteiger partial charge in [-0.05, 0) is 36.2 Å². The van der Waals surface area contributed by atoms with E-state index in [0.29, 0.717) is 13.1 Å². The number of hydrogen-bond donors (Lipinski definition) is 1. The van der Waals surface area contributed by atoms with Crippen LogP contribution >= 0.6 is 0 Å². The molecule has 2 rings (SSSR count). The number of hydrogen-bond acceptors (Lipinski definition) is 5. The Bertz CT molecular complexity index is 743. The number of ether oxygens (including phenoxy) is 4. The molecular formula is C21H27NO4. The van der Waals surface area contributed by atoms with Crippen LogP contribution in [-0.2, 0) is 19.5 Å². The summed E-state index contributed by atoms with van der Waals surface area (Å²) >= 11 is 0. The second kappa shape index (κ2) is 9.73. The van der Waals surface area contributed by atoms with Crippen molar-refractivity contribution in [2.24, 2.45) is 0 Å². The van der Waals surface area contributed by atoms with Gasteiger partial charge < -0.3 is 24.3 Å². The maximum Gasteiger partial charge on any atom is 0.164 e. The minimum Gasteiger partial charge on any atom is -0.497 e. The van der Waals surface area contributed by atoms with E-state index in [0.717, 1.165) is 46.1 Å². The fourth-order valence-electron chi connectivity index (χ4n) is 2.88. The van der Waals surface area contributed by atoms with Crippen molar-refractivity contribution < 1.29 is 18.9 Å². The fourth-order valence-corrected chi connectivity index (χ4v) is 2.88. The van der Waals surface area contributed by atoms with E-state index in [-0.39, 0.29) is 0 Å². The molecule has 0 atom stereocenters. The van der Waals surface area contributed by atoms with Gasteiger partial charge in [-0.1, -0.05) is 12.1 Å². The third kappa shape index (κ3) is 4.70. The van der Waals surface area contributed by atoms with Crippen molar-refractivity contribution in [2.75, 3.05) is 28.4 Å². The molecule has 0 bridgehead atoms. The first-order chi connectivity index (χ1) is 12.7. The molecule has 0 fully saturated rings. The molecule has 0 aliphatic carbocycles. The third-order valence-electron chi connectivity index (χ3n) is 4.11. The molecule has 5 nitrogen and oxygen atoms in total. The monoisotopic (exact) mass is 357 g/mol. The second-order valence-corrected chi connectivity index (χ2v) is 5.76. The number of benzene rings is 2. The van der Waals surface area contributed by atoms with Gasteiger partial charge in [0.1, 0.15) is 11.5 Å². The molecular weight excluding hydrogens is 330 g/mol. The van der Waals surface area contributed by atoms with E-state index in [1.54, 1.807) is 28.4 Å². The van der Waals surface area contributed by atoms with Crippen molar-refractivity contribution in [3.8, 4) is 23.0 Å². The lowest BCUT2D eigenvalue weighted by molar-refractivity contribution is 0.351. The SMILES string of the molecule is C=CCc1cc(CNCc2cc(OC)ccc2OC)cc(OC)c1OC. The molecule has 0 radical (unpaired) electrons. The Hall–Kier alpha value is -2.66. The van der Waals surface area contributed by atoms with E-state index in [2.05, 4.69) is 18.0 Å². The smallest absolute Gasteiger partial charge is 0.164 e. The van der Waals surface area contributed by atoms with Crippen molar-refractivity contribution in [3.05, 3.63) is 59.7 Å². The maximum absolute atomic E-state index is 5.48. The molecule has 140 valence electrons. The molecule has 2 aromatic rings. The standard InChI is InChI=1S/C21H27NO4/c1-6-7-16-10-15(11-20(25-4)21(16)26-5)13-22-14-17-12-18(23-2)8-9-19(17)24-3/h6,8-12,22H,1,7,13-14H2,2-5H3. The van der Waals surface area contributed by atoms with Gasteiger partial charge in [0.15, 0.2) is 11.5 Å². The van der Waals surface area contributed by atoms with Crippen LogP contribution in [0, 0.1) is 0 Å². The molecule has 0 aromatic heterocycles. The van der Waals surface area contributed by atoms with Crippen molar-refractivity contribution in [1.29, 1.82) is 0 Å². The Balaban J connectivity index is 2.14. The van der Waals surface area contributed by atoms with Crippen molar-refractivity contribution in [1.82, 2.24) is 5.32 Å². The summed E-state index contributed by atoms with van der Waals surface area (Å²) < 4.78 is 21.7. The van der Waals surface area contributed by atoms with Crippen LogP contribution in [0.5, 0.6) is 23.0 Å². The minimum atomic E-state index is 0.658. The minimum absolute atomic E-state index is 0.658. The first-order valence-electron chi connectivity index (χ1n) is 8.43. The summed E-state index contributed by atoms with van der Waals surface area (Å²) in [5.74, 6) is 3.12. The summed E-state index contributed by atoms with van der Waals surface area (Å²) in [6, 6.07) is 9.87. The predicted molar refractivity (Wildman–Crippen MR) is 104 cm³/mol. The Kier molecular flexibility index (Phi) is 7.36. The van der Waals surface area contributed by atoms with Crippen LogP contribution in [0.15, 0.2) is 43.0 Å². The van der Waals surface area contributed by atoms with Gasteiger partial charge >= 0.3 is 0 Å². The van der Waals surface area contributed by atoms with Crippen LogP contribution in [-0.4, -0.2) is 28.4 Å². The Morgan fingerprint density at radius 3 is 2.23 bits per heavy atom. The number of rotatable bonds is 10. The number of nitrogens with one attached hydrogen (secondary N) is 1. The van der Waals surface area contributed by atoms with E-state index in [1.165, 1.54) is 0 Å². The van der Waals surface area contributed by atoms with Gasteiger partial charge in [0, 0.05) is 24.2 Å². The largest absolute Gasteiger partial charge is 0.497 e. The van der Waals surface area contributed by atoms with Crippen LogP contribution in [0.2, 0.25) is 0 Å². The van der Waals surface area contributed by atoms with E-state index in [1.807, 2.05) is 30.3 Å². The van der Waals surface area contributed by atoms with Gasteiger partial charge in [-0.25, -0.2) is 0 Å². The van der Waals surface area contributed by atoms with E-state index >= 15 is 0 Å². The van der Waals surface area contributed by atoms with Gasteiger partial charge in [0.25, 0.3) is 0 Å². The second-order valence-electron chi connectivity index (χ2n) is 5.76. The lowest BCUT2D eigenvalue weighted by Gasteiger charge is -2.15. The van der Waals surface area contributed by atoms with Crippen molar-refractivity contribution in [2.45, 2.75) is 19.5 Å². The first-order valence-corrected chi connectivity index (χ1v) is 8.43. The number of allylic oxidation sites excluding steroid dienone is 1. The van der Waals surface area contributed by atoms with Gasteiger partial charge in [-0.2, -0.15) is 0 Å².